The summed E-state index contributed by atoms with van der Waals surface area (Å²) >= 11 is 1.62. The molecule has 20 heavy (non-hydrogen) atoms. The topological polar surface area (TPSA) is 70.2 Å². The predicted octanol–water partition coefficient (Wildman–Crippen LogP) is 1.68. The van der Waals surface area contributed by atoms with Crippen molar-refractivity contribution in [2.45, 2.75) is 9.79 Å². The highest BCUT2D eigenvalue weighted by molar-refractivity contribution is 8.00. The Morgan fingerprint density at radius 3 is 2.80 bits per heavy atom. The molecular formula is C13H12N2O3S2. The van der Waals surface area contributed by atoms with E-state index in [-0.39, 0.29) is 4.90 Å². The number of nitrogens with one attached hydrogen (secondary N) is 1. The summed E-state index contributed by atoms with van der Waals surface area (Å²) < 4.78 is 26.6. The molecule has 0 radical (unpaired) electrons. The Balaban J connectivity index is 2.15. The zero-order valence-electron chi connectivity index (χ0n) is 10.4. The molecule has 1 N–H and O–H groups in total. The summed E-state index contributed by atoms with van der Waals surface area (Å²) in [6.45, 7) is 0.359. The van der Waals surface area contributed by atoms with Gasteiger partial charge in [-0.05, 0) is 12.1 Å². The minimum atomic E-state index is -3.83. The second kappa shape index (κ2) is 4.99. The molecule has 0 amide bonds. The average molecular weight is 308 g/mol. The van der Waals surface area contributed by atoms with Gasteiger partial charge in [-0.3, -0.25) is 9.10 Å². The van der Waals surface area contributed by atoms with E-state index in [9.17, 15) is 13.2 Å². The van der Waals surface area contributed by atoms with E-state index in [0.717, 1.165) is 4.90 Å². The molecule has 2 aromatic rings. The van der Waals surface area contributed by atoms with Crippen LogP contribution in [0.15, 0.2) is 57.3 Å². The maximum absolute atomic E-state index is 12.7. The molecule has 2 heterocycles. The van der Waals surface area contributed by atoms with E-state index in [1.165, 1.54) is 22.8 Å². The normalized spacial score (nSPS) is 14.9. The Labute approximate surface area is 120 Å². The van der Waals surface area contributed by atoms with E-state index in [2.05, 4.69) is 4.98 Å². The quantitative estimate of drug-likeness (QED) is 0.916. The number of sulfonamides is 1. The summed E-state index contributed by atoms with van der Waals surface area (Å²) in [7, 11) is -3.83. The molecule has 0 spiro atoms. The Hall–Kier alpha value is -1.73. The van der Waals surface area contributed by atoms with Gasteiger partial charge < -0.3 is 4.98 Å². The fraction of sp³-hybridized carbons (Fsp3) is 0.154. The van der Waals surface area contributed by atoms with Gasteiger partial charge in [0.1, 0.15) is 0 Å². The van der Waals surface area contributed by atoms with Crippen molar-refractivity contribution in [3.8, 4) is 0 Å². The number of aromatic amines is 1. The van der Waals surface area contributed by atoms with Gasteiger partial charge in [-0.1, -0.05) is 12.1 Å². The Morgan fingerprint density at radius 1 is 1.20 bits per heavy atom. The first-order valence-corrected chi connectivity index (χ1v) is 8.45. The van der Waals surface area contributed by atoms with Crippen LogP contribution in [0.5, 0.6) is 0 Å². The average Bonchev–Trinajstić information content (AvgIpc) is 2.47. The Kier molecular flexibility index (Phi) is 3.31. The van der Waals surface area contributed by atoms with E-state index in [4.69, 9.17) is 0 Å². The van der Waals surface area contributed by atoms with Crippen LogP contribution in [0.1, 0.15) is 0 Å². The summed E-state index contributed by atoms with van der Waals surface area (Å²) in [4.78, 5) is 15.1. The number of aromatic nitrogens is 1. The number of anilines is 1. The second-order valence-corrected chi connectivity index (χ2v) is 7.23. The lowest BCUT2D eigenvalue weighted by molar-refractivity contribution is 0.590. The molecule has 1 aliphatic heterocycles. The molecule has 0 bridgehead atoms. The van der Waals surface area contributed by atoms with Crippen molar-refractivity contribution in [3.05, 3.63) is 52.9 Å². The summed E-state index contributed by atoms with van der Waals surface area (Å²) in [5.41, 5.74) is 0.131. The van der Waals surface area contributed by atoms with Crippen LogP contribution in [-0.4, -0.2) is 25.7 Å². The van der Waals surface area contributed by atoms with Crippen molar-refractivity contribution < 1.29 is 8.42 Å². The first-order chi connectivity index (χ1) is 9.60. The van der Waals surface area contributed by atoms with E-state index in [1.54, 1.807) is 23.9 Å². The SMILES string of the molecule is O=c1cc[nH]cc1S(=O)(=O)N1CCSc2ccccc21. The molecule has 3 rings (SSSR count). The third-order valence-electron chi connectivity index (χ3n) is 3.04. The van der Waals surface area contributed by atoms with Gasteiger partial charge in [0.05, 0.1) is 5.69 Å². The fourth-order valence-corrected chi connectivity index (χ4v) is 4.81. The van der Waals surface area contributed by atoms with Crippen LogP contribution in [0.3, 0.4) is 0 Å². The number of hydrogen-bond acceptors (Lipinski definition) is 4. The van der Waals surface area contributed by atoms with Gasteiger partial charge >= 0.3 is 0 Å². The molecular weight excluding hydrogens is 296 g/mol. The molecule has 1 aromatic heterocycles. The number of para-hydroxylation sites is 1. The van der Waals surface area contributed by atoms with Crippen molar-refractivity contribution in [1.29, 1.82) is 0 Å². The van der Waals surface area contributed by atoms with Gasteiger partial charge in [-0.15, -0.1) is 11.8 Å². The molecule has 104 valence electrons. The number of fused-ring (bicyclic) bond motifs is 1. The molecule has 1 aromatic carbocycles. The third-order valence-corrected chi connectivity index (χ3v) is 5.92. The summed E-state index contributed by atoms with van der Waals surface area (Å²) in [5.74, 6) is 0.668. The zero-order valence-corrected chi connectivity index (χ0v) is 12.1. The van der Waals surface area contributed by atoms with E-state index in [1.807, 2.05) is 12.1 Å². The van der Waals surface area contributed by atoms with Gasteiger partial charge in [-0.25, -0.2) is 8.42 Å². The smallest absolute Gasteiger partial charge is 0.269 e. The van der Waals surface area contributed by atoms with Crippen LogP contribution in [0.4, 0.5) is 5.69 Å². The lowest BCUT2D eigenvalue weighted by Gasteiger charge is -2.29. The summed E-state index contributed by atoms with van der Waals surface area (Å²) in [5, 5.41) is 0. The standard InChI is InChI=1S/C13H12N2O3S2/c16-11-5-6-14-9-13(11)20(17,18)15-7-8-19-12-4-2-1-3-10(12)15/h1-6,9H,7-8H2,(H,14,16). The van der Waals surface area contributed by atoms with Crippen LogP contribution in [0.2, 0.25) is 0 Å². The van der Waals surface area contributed by atoms with E-state index in [0.29, 0.717) is 18.0 Å². The maximum atomic E-state index is 12.7. The van der Waals surface area contributed by atoms with Gasteiger partial charge in [-0.2, -0.15) is 0 Å². The number of thioether (sulfide) groups is 1. The fourth-order valence-electron chi connectivity index (χ4n) is 2.12. The molecule has 5 nitrogen and oxygen atoms in total. The van der Waals surface area contributed by atoms with Crippen LogP contribution < -0.4 is 9.73 Å². The first kappa shape index (κ1) is 13.3. The lowest BCUT2D eigenvalue weighted by atomic mass is 10.3. The second-order valence-electron chi connectivity index (χ2n) is 4.27. The molecule has 0 aliphatic carbocycles. The van der Waals surface area contributed by atoms with Crippen molar-refractivity contribution in [2.75, 3.05) is 16.6 Å². The zero-order chi connectivity index (χ0) is 14.2. The van der Waals surface area contributed by atoms with E-state index >= 15 is 0 Å². The largest absolute Gasteiger partial charge is 0.366 e. The molecule has 0 unspecified atom stereocenters. The molecule has 0 saturated carbocycles. The van der Waals surface area contributed by atoms with Crippen LogP contribution in [0, 0.1) is 0 Å². The Morgan fingerprint density at radius 2 is 2.00 bits per heavy atom. The van der Waals surface area contributed by atoms with Gasteiger partial charge in [0.25, 0.3) is 10.0 Å². The number of benzene rings is 1. The van der Waals surface area contributed by atoms with Crippen LogP contribution in [-0.2, 0) is 10.0 Å². The summed E-state index contributed by atoms with van der Waals surface area (Å²) in [6, 6.07) is 8.53. The van der Waals surface area contributed by atoms with Gasteiger partial charge in [0.15, 0.2) is 4.90 Å². The van der Waals surface area contributed by atoms with Crippen LogP contribution >= 0.6 is 11.8 Å². The van der Waals surface area contributed by atoms with Gasteiger partial charge in [0, 0.05) is 35.7 Å². The Bertz CT molecular complexity index is 799. The summed E-state index contributed by atoms with van der Waals surface area (Å²) in [6.07, 6.45) is 2.66. The molecule has 0 atom stereocenters. The number of nitrogens with zero attached hydrogens (tertiary/aromatic N) is 1. The highest BCUT2D eigenvalue weighted by Gasteiger charge is 2.30. The minimum absolute atomic E-state index is 0.221. The van der Waals surface area contributed by atoms with Crippen molar-refractivity contribution in [2.24, 2.45) is 0 Å². The van der Waals surface area contributed by atoms with Crippen LogP contribution in [0.25, 0.3) is 0 Å². The predicted molar refractivity (Wildman–Crippen MR) is 78.8 cm³/mol. The van der Waals surface area contributed by atoms with E-state index < -0.39 is 15.5 Å². The number of pyridine rings is 1. The molecule has 0 saturated heterocycles. The number of H-pyrrole nitrogens is 1. The highest BCUT2D eigenvalue weighted by atomic mass is 32.2. The van der Waals surface area contributed by atoms with Crippen molar-refractivity contribution in [1.82, 2.24) is 4.98 Å². The molecule has 0 fully saturated rings. The lowest BCUT2D eigenvalue weighted by Crippen LogP contribution is -2.37. The monoisotopic (exact) mass is 308 g/mol. The highest BCUT2D eigenvalue weighted by Crippen LogP contribution is 2.36. The third kappa shape index (κ3) is 2.12. The van der Waals surface area contributed by atoms with Crippen molar-refractivity contribution >= 4 is 27.5 Å². The molecule has 7 heteroatoms. The molecule has 1 aliphatic rings. The number of rotatable bonds is 2. The maximum Gasteiger partial charge on any atom is 0.269 e. The first-order valence-electron chi connectivity index (χ1n) is 6.02. The van der Waals surface area contributed by atoms with Gasteiger partial charge in [0.2, 0.25) is 5.43 Å². The van der Waals surface area contributed by atoms with Crippen molar-refractivity contribution in [3.63, 3.8) is 0 Å². The minimum Gasteiger partial charge on any atom is -0.366 e. The number of hydrogen-bond donors (Lipinski definition) is 1.